The number of amides is 1. The van der Waals surface area contributed by atoms with E-state index in [1.807, 2.05) is 0 Å². The van der Waals surface area contributed by atoms with E-state index in [9.17, 15) is 4.79 Å². The van der Waals surface area contributed by atoms with E-state index < -0.39 is 0 Å². The first-order valence-corrected chi connectivity index (χ1v) is 7.04. The predicted molar refractivity (Wildman–Crippen MR) is 72.0 cm³/mol. The molecular weight excluding hydrogens is 212 g/mol. The van der Waals surface area contributed by atoms with Crippen molar-refractivity contribution in [3.8, 4) is 0 Å². The zero-order valence-corrected chi connectivity index (χ0v) is 11.9. The molecule has 1 unspecified atom stereocenters. The third-order valence-corrected chi connectivity index (χ3v) is 3.90. The van der Waals surface area contributed by atoms with Crippen molar-refractivity contribution in [2.75, 3.05) is 19.6 Å². The van der Waals surface area contributed by atoms with Gasteiger partial charge in [-0.1, -0.05) is 27.7 Å². The Bertz CT molecular complexity index is 245. The maximum Gasteiger partial charge on any atom is 0.228 e. The highest BCUT2D eigenvalue weighted by atomic mass is 16.2. The molecular formula is C14H28N2O. The van der Waals surface area contributed by atoms with Crippen LogP contribution < -0.4 is 5.32 Å². The SMILES string of the molecule is CCCN(C(=O)C(C)(C)CC)C1CCCNC1. The van der Waals surface area contributed by atoms with Crippen LogP contribution in [0.15, 0.2) is 0 Å². The molecule has 0 radical (unpaired) electrons. The lowest BCUT2D eigenvalue weighted by molar-refractivity contribution is -0.143. The summed E-state index contributed by atoms with van der Waals surface area (Å²) in [6, 6.07) is 0.405. The van der Waals surface area contributed by atoms with Gasteiger partial charge in [0.2, 0.25) is 5.91 Å². The van der Waals surface area contributed by atoms with Gasteiger partial charge in [0, 0.05) is 24.5 Å². The Hall–Kier alpha value is -0.570. The number of carbonyl (C=O) groups excluding carboxylic acids is 1. The number of hydrogen-bond donors (Lipinski definition) is 1. The number of rotatable bonds is 5. The highest BCUT2D eigenvalue weighted by Gasteiger charge is 2.33. The van der Waals surface area contributed by atoms with Crippen molar-refractivity contribution in [1.29, 1.82) is 0 Å². The van der Waals surface area contributed by atoms with E-state index in [1.54, 1.807) is 0 Å². The van der Waals surface area contributed by atoms with Gasteiger partial charge >= 0.3 is 0 Å². The van der Waals surface area contributed by atoms with Crippen LogP contribution in [-0.4, -0.2) is 36.5 Å². The van der Waals surface area contributed by atoms with Crippen molar-refractivity contribution in [3.63, 3.8) is 0 Å². The zero-order chi connectivity index (χ0) is 12.9. The molecule has 3 nitrogen and oxygen atoms in total. The molecule has 1 aliphatic rings. The predicted octanol–water partition coefficient (Wildman–Crippen LogP) is 2.41. The Morgan fingerprint density at radius 1 is 1.41 bits per heavy atom. The first kappa shape index (κ1) is 14.5. The van der Waals surface area contributed by atoms with Gasteiger partial charge in [-0.3, -0.25) is 4.79 Å². The van der Waals surface area contributed by atoms with Gasteiger partial charge in [0.25, 0.3) is 0 Å². The zero-order valence-electron chi connectivity index (χ0n) is 11.9. The van der Waals surface area contributed by atoms with Gasteiger partial charge in [0.05, 0.1) is 0 Å². The summed E-state index contributed by atoms with van der Waals surface area (Å²) in [5, 5.41) is 3.40. The Balaban J connectivity index is 2.73. The van der Waals surface area contributed by atoms with Crippen molar-refractivity contribution < 1.29 is 4.79 Å². The fraction of sp³-hybridized carbons (Fsp3) is 0.929. The molecule has 0 saturated carbocycles. The lowest BCUT2D eigenvalue weighted by Crippen LogP contribution is -2.52. The van der Waals surface area contributed by atoms with E-state index in [-0.39, 0.29) is 5.41 Å². The van der Waals surface area contributed by atoms with Crippen molar-refractivity contribution in [2.45, 2.75) is 59.4 Å². The maximum absolute atomic E-state index is 12.6. The van der Waals surface area contributed by atoms with Crippen LogP contribution in [-0.2, 0) is 4.79 Å². The van der Waals surface area contributed by atoms with Crippen LogP contribution in [0.5, 0.6) is 0 Å². The van der Waals surface area contributed by atoms with E-state index in [4.69, 9.17) is 0 Å². The second-order valence-electron chi connectivity index (χ2n) is 5.74. The average Bonchev–Trinajstić information content (AvgIpc) is 2.36. The third-order valence-electron chi connectivity index (χ3n) is 3.90. The molecule has 1 heterocycles. The Morgan fingerprint density at radius 3 is 2.59 bits per heavy atom. The number of piperidine rings is 1. The van der Waals surface area contributed by atoms with Gasteiger partial charge < -0.3 is 10.2 Å². The summed E-state index contributed by atoms with van der Waals surface area (Å²) >= 11 is 0. The molecule has 1 atom stereocenters. The molecule has 1 amide bonds. The fourth-order valence-corrected chi connectivity index (χ4v) is 2.33. The molecule has 1 N–H and O–H groups in total. The molecule has 0 bridgehead atoms. The minimum Gasteiger partial charge on any atom is -0.338 e. The Labute approximate surface area is 106 Å². The lowest BCUT2D eigenvalue weighted by atomic mass is 9.87. The van der Waals surface area contributed by atoms with Crippen molar-refractivity contribution in [2.24, 2.45) is 5.41 Å². The van der Waals surface area contributed by atoms with Crippen LogP contribution in [0.25, 0.3) is 0 Å². The standard InChI is InChI=1S/C14H28N2O/c1-5-10-16(12-8-7-9-15-11-12)13(17)14(3,4)6-2/h12,15H,5-11H2,1-4H3. The molecule has 0 aliphatic carbocycles. The van der Waals surface area contributed by atoms with Gasteiger partial charge in [0.1, 0.15) is 0 Å². The van der Waals surface area contributed by atoms with Crippen LogP contribution in [0, 0.1) is 5.41 Å². The van der Waals surface area contributed by atoms with Crippen molar-refractivity contribution in [3.05, 3.63) is 0 Å². The fourth-order valence-electron chi connectivity index (χ4n) is 2.33. The monoisotopic (exact) mass is 240 g/mol. The van der Waals surface area contributed by atoms with E-state index in [2.05, 4.69) is 37.9 Å². The largest absolute Gasteiger partial charge is 0.338 e. The molecule has 0 spiro atoms. The lowest BCUT2D eigenvalue weighted by Gasteiger charge is -2.39. The molecule has 1 aliphatic heterocycles. The van der Waals surface area contributed by atoms with Crippen LogP contribution in [0.3, 0.4) is 0 Å². The Kier molecular flexibility index (Phi) is 5.44. The molecule has 3 heteroatoms. The topological polar surface area (TPSA) is 32.3 Å². The van der Waals surface area contributed by atoms with Gasteiger partial charge in [-0.25, -0.2) is 0 Å². The van der Waals surface area contributed by atoms with Crippen LogP contribution >= 0.6 is 0 Å². The van der Waals surface area contributed by atoms with Crippen LogP contribution in [0.1, 0.15) is 53.4 Å². The number of nitrogens with zero attached hydrogens (tertiary/aromatic N) is 1. The summed E-state index contributed by atoms with van der Waals surface area (Å²) in [6.07, 6.45) is 4.29. The van der Waals surface area contributed by atoms with E-state index >= 15 is 0 Å². The minimum atomic E-state index is -0.216. The summed E-state index contributed by atoms with van der Waals surface area (Å²) in [6.45, 7) is 11.3. The summed E-state index contributed by atoms with van der Waals surface area (Å²) in [5.74, 6) is 0.329. The number of nitrogens with one attached hydrogen (secondary N) is 1. The quantitative estimate of drug-likeness (QED) is 0.800. The molecule has 0 aromatic rings. The van der Waals surface area contributed by atoms with Crippen molar-refractivity contribution in [1.82, 2.24) is 10.2 Å². The van der Waals surface area contributed by atoms with Gasteiger partial charge in [0.15, 0.2) is 0 Å². The summed E-state index contributed by atoms with van der Waals surface area (Å²) < 4.78 is 0. The normalized spacial score (nSPS) is 21.3. The first-order valence-electron chi connectivity index (χ1n) is 7.04. The second-order valence-corrected chi connectivity index (χ2v) is 5.74. The van der Waals surface area contributed by atoms with Gasteiger partial charge in [-0.15, -0.1) is 0 Å². The summed E-state index contributed by atoms with van der Waals surface area (Å²) in [7, 11) is 0. The number of hydrogen-bond acceptors (Lipinski definition) is 2. The molecule has 1 saturated heterocycles. The highest BCUT2D eigenvalue weighted by molar-refractivity contribution is 5.82. The third kappa shape index (κ3) is 3.70. The van der Waals surface area contributed by atoms with Gasteiger partial charge in [-0.05, 0) is 32.2 Å². The molecule has 17 heavy (non-hydrogen) atoms. The highest BCUT2D eigenvalue weighted by Crippen LogP contribution is 2.25. The number of carbonyl (C=O) groups is 1. The van der Waals surface area contributed by atoms with Crippen LogP contribution in [0.2, 0.25) is 0 Å². The maximum atomic E-state index is 12.6. The average molecular weight is 240 g/mol. The van der Waals surface area contributed by atoms with Crippen molar-refractivity contribution >= 4 is 5.91 Å². The minimum absolute atomic E-state index is 0.216. The Morgan fingerprint density at radius 2 is 2.12 bits per heavy atom. The van der Waals surface area contributed by atoms with E-state index in [0.29, 0.717) is 11.9 Å². The summed E-state index contributed by atoms with van der Waals surface area (Å²) in [4.78, 5) is 14.7. The molecule has 100 valence electrons. The molecule has 1 fully saturated rings. The van der Waals surface area contributed by atoms with E-state index in [0.717, 1.165) is 38.9 Å². The smallest absolute Gasteiger partial charge is 0.228 e. The van der Waals surface area contributed by atoms with E-state index in [1.165, 1.54) is 6.42 Å². The van der Waals surface area contributed by atoms with Gasteiger partial charge in [-0.2, -0.15) is 0 Å². The molecule has 1 rings (SSSR count). The first-order chi connectivity index (χ1) is 8.03. The molecule has 0 aromatic carbocycles. The molecule has 0 aromatic heterocycles. The summed E-state index contributed by atoms with van der Waals surface area (Å²) in [5.41, 5.74) is -0.216. The van der Waals surface area contributed by atoms with Crippen LogP contribution in [0.4, 0.5) is 0 Å². The second kappa shape index (κ2) is 6.39.